The first kappa shape index (κ1) is 25.2. The minimum Gasteiger partial charge on any atom is -0.493 e. The van der Waals surface area contributed by atoms with E-state index in [2.05, 4.69) is 17.0 Å². The van der Waals surface area contributed by atoms with E-state index in [1.165, 1.54) is 0 Å². The van der Waals surface area contributed by atoms with Gasteiger partial charge in [-0.05, 0) is 45.7 Å². The second-order valence-corrected chi connectivity index (χ2v) is 10.1. The molecule has 0 saturated heterocycles. The van der Waals surface area contributed by atoms with Crippen LogP contribution in [0, 0.1) is 0 Å². The van der Waals surface area contributed by atoms with Crippen LogP contribution >= 0.6 is 0 Å². The molecule has 0 spiro atoms. The van der Waals surface area contributed by atoms with E-state index in [-0.39, 0.29) is 5.60 Å². The van der Waals surface area contributed by atoms with Gasteiger partial charge in [0, 0.05) is 31.7 Å². The first-order chi connectivity index (χ1) is 16.7. The number of hydrogen-bond acceptors (Lipinski definition) is 6. The molecule has 1 saturated carbocycles. The number of aryl methyl sites for hydroxylation is 1. The van der Waals surface area contributed by atoms with Crippen molar-refractivity contribution in [2.24, 2.45) is 7.05 Å². The Hall–Kier alpha value is -2.87. The van der Waals surface area contributed by atoms with Gasteiger partial charge in [0.2, 0.25) is 5.88 Å². The van der Waals surface area contributed by atoms with E-state index in [0.717, 1.165) is 29.7 Å². The molecule has 35 heavy (non-hydrogen) atoms. The van der Waals surface area contributed by atoms with Crippen LogP contribution in [0.1, 0.15) is 39.2 Å². The minimum atomic E-state index is -0.578. The molecule has 0 bridgehead atoms. The molecule has 0 aliphatic heterocycles. The maximum absolute atomic E-state index is 10.8. The van der Waals surface area contributed by atoms with E-state index in [9.17, 15) is 5.11 Å². The van der Waals surface area contributed by atoms with E-state index >= 15 is 0 Å². The Kier molecular flexibility index (Phi) is 7.79. The van der Waals surface area contributed by atoms with Crippen LogP contribution in [-0.4, -0.2) is 57.8 Å². The van der Waals surface area contributed by atoms with Crippen molar-refractivity contribution < 1.29 is 19.3 Å². The van der Waals surface area contributed by atoms with Gasteiger partial charge in [-0.15, -0.1) is 0 Å². The summed E-state index contributed by atoms with van der Waals surface area (Å²) in [5, 5.41) is 15.6. The van der Waals surface area contributed by atoms with Crippen molar-refractivity contribution in [1.82, 2.24) is 14.7 Å². The number of aromatic nitrogens is 2. The van der Waals surface area contributed by atoms with E-state index in [0.29, 0.717) is 43.1 Å². The molecule has 7 nitrogen and oxygen atoms in total. The van der Waals surface area contributed by atoms with Gasteiger partial charge in [0.1, 0.15) is 5.69 Å². The van der Waals surface area contributed by atoms with Gasteiger partial charge < -0.3 is 19.3 Å². The summed E-state index contributed by atoms with van der Waals surface area (Å²) in [6.07, 6.45) is 1.66. The molecule has 7 heteroatoms. The van der Waals surface area contributed by atoms with Crippen molar-refractivity contribution in [2.75, 3.05) is 20.3 Å². The van der Waals surface area contributed by atoms with Gasteiger partial charge in [0.15, 0.2) is 11.5 Å². The number of nitrogens with zero attached hydrogens (tertiary/aromatic N) is 3. The summed E-state index contributed by atoms with van der Waals surface area (Å²) in [5.41, 5.74) is 2.61. The highest BCUT2D eigenvalue weighted by molar-refractivity contribution is 5.66. The molecule has 1 N–H and O–H groups in total. The lowest BCUT2D eigenvalue weighted by molar-refractivity contribution is -0.0572. The minimum absolute atomic E-state index is 0.287. The summed E-state index contributed by atoms with van der Waals surface area (Å²) in [5.74, 6) is 1.96. The van der Waals surface area contributed by atoms with Gasteiger partial charge in [-0.2, -0.15) is 5.10 Å². The largest absolute Gasteiger partial charge is 0.493 e. The number of aliphatic hydroxyl groups is 1. The lowest BCUT2D eigenvalue weighted by Gasteiger charge is -2.27. The van der Waals surface area contributed by atoms with Gasteiger partial charge in [0.05, 0.1) is 31.0 Å². The zero-order valence-corrected chi connectivity index (χ0v) is 21.4. The van der Waals surface area contributed by atoms with Crippen molar-refractivity contribution in [1.29, 1.82) is 0 Å². The third-order valence-corrected chi connectivity index (χ3v) is 5.99. The molecule has 1 fully saturated rings. The maximum Gasteiger partial charge on any atom is 0.222 e. The summed E-state index contributed by atoms with van der Waals surface area (Å²) in [6.45, 7) is 7.44. The molecule has 0 radical (unpaired) electrons. The second-order valence-electron chi connectivity index (χ2n) is 10.1. The van der Waals surface area contributed by atoms with Crippen LogP contribution in [0.25, 0.3) is 11.3 Å². The number of benzene rings is 2. The summed E-state index contributed by atoms with van der Waals surface area (Å²) >= 11 is 0. The summed E-state index contributed by atoms with van der Waals surface area (Å²) in [7, 11) is 3.53. The van der Waals surface area contributed by atoms with E-state index in [1.54, 1.807) is 11.8 Å². The Morgan fingerprint density at radius 2 is 1.71 bits per heavy atom. The molecule has 0 amide bonds. The fraction of sp³-hybridized carbons (Fsp3) is 0.464. The van der Waals surface area contributed by atoms with Crippen molar-refractivity contribution in [3.05, 3.63) is 60.2 Å². The summed E-state index contributed by atoms with van der Waals surface area (Å²) in [6, 6.07) is 18.2. The van der Waals surface area contributed by atoms with Crippen molar-refractivity contribution in [3.63, 3.8) is 0 Å². The molecular formula is C28H37N3O4. The number of aliphatic hydroxyl groups excluding tert-OH is 1. The monoisotopic (exact) mass is 479 g/mol. The molecule has 4 rings (SSSR count). The number of methoxy groups -OCH3 is 1. The van der Waals surface area contributed by atoms with Gasteiger partial charge in [-0.3, -0.25) is 4.90 Å². The molecule has 1 aromatic heterocycles. The van der Waals surface area contributed by atoms with Crippen molar-refractivity contribution >= 4 is 0 Å². The average molecular weight is 480 g/mol. The maximum atomic E-state index is 10.8. The van der Waals surface area contributed by atoms with E-state index in [4.69, 9.17) is 19.3 Å². The van der Waals surface area contributed by atoms with Crippen molar-refractivity contribution in [2.45, 2.75) is 57.9 Å². The molecule has 1 heterocycles. The third-order valence-electron chi connectivity index (χ3n) is 5.99. The molecule has 1 aliphatic rings. The fourth-order valence-corrected chi connectivity index (χ4v) is 4.11. The van der Waals surface area contributed by atoms with E-state index in [1.807, 2.05) is 70.3 Å². The molecule has 0 unspecified atom stereocenters. The third kappa shape index (κ3) is 6.63. The van der Waals surface area contributed by atoms with Crippen molar-refractivity contribution in [3.8, 4) is 28.6 Å². The molecule has 188 valence electrons. The second kappa shape index (κ2) is 10.8. The van der Waals surface area contributed by atoms with Gasteiger partial charge in [0.25, 0.3) is 0 Å². The molecule has 3 aromatic rings. The highest BCUT2D eigenvalue weighted by Gasteiger charge is 2.33. The van der Waals surface area contributed by atoms with Gasteiger partial charge >= 0.3 is 0 Å². The fourth-order valence-electron chi connectivity index (χ4n) is 4.11. The molecule has 2 aromatic carbocycles. The van der Waals surface area contributed by atoms with Crippen LogP contribution in [0.3, 0.4) is 0 Å². The topological polar surface area (TPSA) is 69.0 Å². The van der Waals surface area contributed by atoms with Crippen LogP contribution in [0.2, 0.25) is 0 Å². The zero-order chi connectivity index (χ0) is 25.0. The van der Waals surface area contributed by atoms with Crippen LogP contribution in [0.15, 0.2) is 54.6 Å². The van der Waals surface area contributed by atoms with Gasteiger partial charge in [-0.25, -0.2) is 4.68 Å². The Balaban J connectivity index is 1.65. The predicted octanol–water partition coefficient (Wildman–Crippen LogP) is 5.03. The Labute approximate surface area is 208 Å². The van der Waals surface area contributed by atoms with Gasteiger partial charge in [-0.1, -0.05) is 42.5 Å². The highest BCUT2D eigenvalue weighted by Crippen LogP contribution is 2.39. The predicted molar refractivity (Wildman–Crippen MR) is 137 cm³/mol. The lowest BCUT2D eigenvalue weighted by Crippen LogP contribution is -2.37. The first-order valence-electron chi connectivity index (χ1n) is 12.2. The normalized spacial score (nSPS) is 14.8. The summed E-state index contributed by atoms with van der Waals surface area (Å²) < 4.78 is 19.6. The van der Waals surface area contributed by atoms with Crippen LogP contribution in [-0.2, 0) is 18.3 Å². The molecule has 1 atom stereocenters. The van der Waals surface area contributed by atoms with Crippen LogP contribution < -0.4 is 9.47 Å². The Bertz CT molecular complexity index is 1100. The Morgan fingerprint density at radius 3 is 2.34 bits per heavy atom. The first-order valence-corrected chi connectivity index (χ1v) is 12.2. The number of hydrogen-bond donors (Lipinski definition) is 1. The highest BCUT2D eigenvalue weighted by atomic mass is 16.5. The zero-order valence-electron chi connectivity index (χ0n) is 21.4. The van der Waals surface area contributed by atoms with Crippen LogP contribution in [0.5, 0.6) is 17.4 Å². The smallest absolute Gasteiger partial charge is 0.222 e. The Morgan fingerprint density at radius 1 is 1.06 bits per heavy atom. The summed E-state index contributed by atoms with van der Waals surface area (Å²) in [4.78, 5) is 2.33. The number of ether oxygens (including phenoxy) is 3. The lowest BCUT2D eigenvalue weighted by atomic mass is 10.1. The average Bonchev–Trinajstić information content (AvgIpc) is 3.64. The number of para-hydroxylation sites is 2. The molecular weight excluding hydrogens is 442 g/mol. The standard InChI is InChI=1S/C28H37N3O4/c1-28(2,3)34-19-22(32)17-31(21-15-16-21)18-23-26(20-11-7-6-8-12-20)29-30(4)27(23)35-25-14-10-9-13-24(25)33-5/h6-14,21-22,32H,15-19H2,1-5H3/t22-/m1/s1. The van der Waals surface area contributed by atoms with Crippen LogP contribution in [0.4, 0.5) is 0 Å². The van der Waals surface area contributed by atoms with E-state index < -0.39 is 6.10 Å². The number of rotatable bonds is 11. The molecule has 1 aliphatic carbocycles. The quantitative estimate of drug-likeness (QED) is 0.416. The SMILES string of the molecule is COc1ccccc1Oc1c(CN(C[C@@H](O)COC(C)(C)C)C2CC2)c(-c2ccccc2)nn1C.